The predicted octanol–water partition coefficient (Wildman–Crippen LogP) is 5.05. The molecule has 2 aromatic carbocycles. The molecule has 158 valence electrons. The van der Waals surface area contributed by atoms with E-state index in [9.17, 15) is 4.79 Å². The number of aryl methyl sites for hydroxylation is 1. The molecule has 4 rings (SSSR count). The van der Waals surface area contributed by atoms with E-state index in [1.807, 2.05) is 47.2 Å². The zero-order chi connectivity index (χ0) is 21.6. The Labute approximate surface area is 189 Å². The number of carbonyl (C=O) groups is 1. The van der Waals surface area contributed by atoms with Crippen LogP contribution in [0, 0.1) is 6.92 Å². The fourth-order valence-electron chi connectivity index (χ4n) is 3.23. The van der Waals surface area contributed by atoms with Crippen molar-refractivity contribution < 1.29 is 4.79 Å². The first-order valence-corrected chi connectivity index (χ1v) is 11.8. The molecule has 1 amide bonds. The molecule has 4 aromatic rings. The molecule has 0 fully saturated rings. The molecule has 2 aromatic heterocycles. The van der Waals surface area contributed by atoms with Crippen molar-refractivity contribution in [2.75, 3.05) is 11.1 Å². The molecule has 0 unspecified atom stereocenters. The van der Waals surface area contributed by atoms with Crippen LogP contribution in [0.25, 0.3) is 11.4 Å². The van der Waals surface area contributed by atoms with Crippen LogP contribution >= 0.6 is 23.1 Å². The molecular formula is C23H23N5OS2. The topological polar surface area (TPSA) is 72.7 Å². The van der Waals surface area contributed by atoms with Gasteiger partial charge < -0.3 is 9.88 Å². The lowest BCUT2D eigenvalue weighted by atomic mass is 10.1. The van der Waals surface area contributed by atoms with Gasteiger partial charge in [0, 0.05) is 29.6 Å². The van der Waals surface area contributed by atoms with Crippen molar-refractivity contribution in [3.63, 3.8) is 0 Å². The highest BCUT2D eigenvalue weighted by Crippen LogP contribution is 2.27. The van der Waals surface area contributed by atoms with Crippen molar-refractivity contribution in [1.82, 2.24) is 19.7 Å². The van der Waals surface area contributed by atoms with Gasteiger partial charge in [-0.3, -0.25) is 4.79 Å². The Morgan fingerprint density at radius 2 is 1.87 bits per heavy atom. The average Bonchev–Trinajstić information content (AvgIpc) is 3.39. The van der Waals surface area contributed by atoms with E-state index in [0.717, 1.165) is 40.0 Å². The lowest BCUT2D eigenvalue weighted by Gasteiger charge is -2.09. The minimum absolute atomic E-state index is 0.103. The van der Waals surface area contributed by atoms with E-state index < -0.39 is 0 Å². The van der Waals surface area contributed by atoms with Crippen LogP contribution in [-0.4, -0.2) is 31.4 Å². The van der Waals surface area contributed by atoms with E-state index in [-0.39, 0.29) is 11.7 Å². The lowest BCUT2D eigenvalue weighted by molar-refractivity contribution is -0.113. The first-order valence-electron chi connectivity index (χ1n) is 10.0. The van der Waals surface area contributed by atoms with E-state index >= 15 is 0 Å². The zero-order valence-corrected chi connectivity index (χ0v) is 19.0. The number of thioether (sulfide) groups is 1. The molecule has 6 nitrogen and oxygen atoms in total. The van der Waals surface area contributed by atoms with E-state index in [1.54, 1.807) is 0 Å². The Morgan fingerprint density at radius 1 is 1.10 bits per heavy atom. The monoisotopic (exact) mass is 449 g/mol. The first-order chi connectivity index (χ1) is 15.1. The normalized spacial score (nSPS) is 10.9. The number of hydrogen-bond donors (Lipinski definition) is 1. The van der Waals surface area contributed by atoms with Gasteiger partial charge in [0.25, 0.3) is 0 Å². The summed E-state index contributed by atoms with van der Waals surface area (Å²) >= 11 is 2.89. The second kappa shape index (κ2) is 9.89. The van der Waals surface area contributed by atoms with Crippen LogP contribution in [0.5, 0.6) is 0 Å². The van der Waals surface area contributed by atoms with Crippen LogP contribution in [0.1, 0.15) is 22.9 Å². The van der Waals surface area contributed by atoms with E-state index in [0.29, 0.717) is 5.13 Å². The molecule has 0 saturated carbocycles. The van der Waals surface area contributed by atoms with Crippen molar-refractivity contribution in [1.29, 1.82) is 0 Å². The number of nitrogens with one attached hydrogen (secondary N) is 1. The van der Waals surface area contributed by atoms with E-state index in [4.69, 9.17) is 0 Å². The molecule has 0 aliphatic carbocycles. The molecule has 0 bridgehead atoms. The van der Waals surface area contributed by atoms with Crippen molar-refractivity contribution >= 4 is 34.1 Å². The van der Waals surface area contributed by atoms with Crippen LogP contribution < -0.4 is 5.32 Å². The minimum atomic E-state index is -0.103. The summed E-state index contributed by atoms with van der Waals surface area (Å²) in [5, 5.41) is 12.9. The van der Waals surface area contributed by atoms with Gasteiger partial charge in [0.15, 0.2) is 16.1 Å². The number of benzene rings is 2. The molecule has 0 spiro atoms. The van der Waals surface area contributed by atoms with Crippen LogP contribution in [-0.2, 0) is 17.8 Å². The summed E-state index contributed by atoms with van der Waals surface area (Å²) in [4.78, 5) is 17.9. The maximum absolute atomic E-state index is 12.5. The third-order valence-electron chi connectivity index (χ3n) is 4.77. The Bertz CT molecular complexity index is 1170. The van der Waals surface area contributed by atoms with Gasteiger partial charge in [0.1, 0.15) is 0 Å². The van der Waals surface area contributed by atoms with E-state index in [1.165, 1.54) is 28.7 Å². The average molecular weight is 450 g/mol. The number of thiazole rings is 1. The standard InChI is InChI=1S/C23H23N5OS2/c1-3-28-21(19-12-8-7-9-16(19)2)26-27-23(28)30-15-20(29)25-22-24-14-18(31-22)13-17-10-5-4-6-11-17/h4-12,14H,3,13,15H2,1-2H3,(H,24,25,29). The van der Waals surface area contributed by atoms with Crippen LogP contribution in [0.4, 0.5) is 5.13 Å². The molecule has 0 atom stereocenters. The minimum Gasteiger partial charge on any atom is -0.302 e. The number of anilines is 1. The predicted molar refractivity (Wildman–Crippen MR) is 127 cm³/mol. The third kappa shape index (κ3) is 5.21. The fraction of sp³-hybridized carbons (Fsp3) is 0.217. The Balaban J connectivity index is 1.37. The van der Waals surface area contributed by atoms with Crippen LogP contribution in [0.2, 0.25) is 0 Å². The molecule has 31 heavy (non-hydrogen) atoms. The summed E-state index contributed by atoms with van der Waals surface area (Å²) in [6.07, 6.45) is 2.63. The zero-order valence-electron chi connectivity index (χ0n) is 17.4. The summed E-state index contributed by atoms with van der Waals surface area (Å²) in [6.45, 7) is 4.85. The van der Waals surface area contributed by atoms with Crippen LogP contribution in [0.15, 0.2) is 66.0 Å². The van der Waals surface area contributed by atoms with E-state index in [2.05, 4.69) is 52.5 Å². The molecule has 1 N–H and O–H groups in total. The number of hydrogen-bond acceptors (Lipinski definition) is 6. The first kappa shape index (κ1) is 21.3. The van der Waals surface area contributed by atoms with Gasteiger partial charge in [-0.1, -0.05) is 66.4 Å². The second-order valence-electron chi connectivity index (χ2n) is 7.00. The number of amides is 1. The smallest absolute Gasteiger partial charge is 0.236 e. The lowest BCUT2D eigenvalue weighted by Crippen LogP contribution is -2.14. The highest BCUT2D eigenvalue weighted by Gasteiger charge is 2.16. The van der Waals surface area contributed by atoms with Gasteiger partial charge in [-0.25, -0.2) is 4.98 Å². The molecule has 8 heteroatoms. The van der Waals surface area contributed by atoms with Gasteiger partial charge in [-0.15, -0.1) is 21.5 Å². The molecule has 0 aliphatic heterocycles. The Hall–Kier alpha value is -2.97. The van der Waals surface area contributed by atoms with Crippen molar-refractivity contribution in [3.05, 3.63) is 76.8 Å². The number of aromatic nitrogens is 4. The van der Waals surface area contributed by atoms with Gasteiger partial charge in [-0.05, 0) is 25.0 Å². The van der Waals surface area contributed by atoms with Crippen molar-refractivity contribution in [2.45, 2.75) is 32.0 Å². The van der Waals surface area contributed by atoms with Gasteiger partial charge in [0.05, 0.1) is 5.75 Å². The third-order valence-corrected chi connectivity index (χ3v) is 6.65. The molecule has 0 radical (unpaired) electrons. The summed E-state index contributed by atoms with van der Waals surface area (Å²) in [5.41, 5.74) is 3.43. The summed E-state index contributed by atoms with van der Waals surface area (Å²) in [6, 6.07) is 18.3. The summed E-state index contributed by atoms with van der Waals surface area (Å²) in [5.74, 6) is 0.974. The maximum atomic E-state index is 12.5. The molecule has 0 aliphatic rings. The SMILES string of the molecule is CCn1c(SCC(=O)Nc2ncc(Cc3ccccc3)s2)nnc1-c1ccccc1C. The largest absolute Gasteiger partial charge is 0.302 e. The quantitative estimate of drug-likeness (QED) is 0.381. The fourth-order valence-corrected chi connectivity index (χ4v) is 4.90. The summed E-state index contributed by atoms with van der Waals surface area (Å²) in [7, 11) is 0. The van der Waals surface area contributed by atoms with Gasteiger partial charge >= 0.3 is 0 Å². The number of carbonyl (C=O) groups excluding carboxylic acids is 1. The van der Waals surface area contributed by atoms with Crippen molar-refractivity contribution in [2.24, 2.45) is 0 Å². The highest BCUT2D eigenvalue weighted by atomic mass is 32.2. The molecule has 0 saturated heterocycles. The van der Waals surface area contributed by atoms with Crippen LogP contribution in [0.3, 0.4) is 0 Å². The number of nitrogens with zero attached hydrogens (tertiary/aromatic N) is 4. The Morgan fingerprint density at radius 3 is 2.65 bits per heavy atom. The molecule has 2 heterocycles. The summed E-state index contributed by atoms with van der Waals surface area (Å²) < 4.78 is 2.04. The highest BCUT2D eigenvalue weighted by molar-refractivity contribution is 7.99. The van der Waals surface area contributed by atoms with Crippen molar-refractivity contribution in [3.8, 4) is 11.4 Å². The Kier molecular flexibility index (Phi) is 6.79. The number of rotatable bonds is 8. The van der Waals surface area contributed by atoms with Gasteiger partial charge in [-0.2, -0.15) is 0 Å². The van der Waals surface area contributed by atoms with Gasteiger partial charge in [0.2, 0.25) is 5.91 Å². The molecular weight excluding hydrogens is 426 g/mol. The second-order valence-corrected chi connectivity index (χ2v) is 9.05. The maximum Gasteiger partial charge on any atom is 0.236 e.